The lowest BCUT2D eigenvalue weighted by atomic mass is 9.97. The van der Waals surface area contributed by atoms with Crippen LogP contribution in [0, 0.1) is 12.7 Å². The van der Waals surface area contributed by atoms with Crippen molar-refractivity contribution in [1.82, 2.24) is 14.7 Å². The third-order valence-corrected chi connectivity index (χ3v) is 6.14. The minimum Gasteiger partial charge on any atom is -0.329 e. The van der Waals surface area contributed by atoms with Gasteiger partial charge in [-0.1, -0.05) is 6.07 Å². The molecule has 36 heavy (non-hydrogen) atoms. The average Bonchev–Trinajstić information content (AvgIpc) is 2.77. The van der Waals surface area contributed by atoms with Crippen molar-refractivity contribution in [3.05, 3.63) is 70.0 Å². The average molecular weight is 520 g/mol. The number of nitrogens with two attached hydrogens (primary N) is 1. The molecule has 2 aromatic carbocycles. The summed E-state index contributed by atoms with van der Waals surface area (Å²) in [4.78, 5) is 18.0. The van der Waals surface area contributed by atoms with Crippen molar-refractivity contribution < 1.29 is 35.5 Å². The Morgan fingerprint density at radius 3 is 2.17 bits per heavy atom. The van der Waals surface area contributed by atoms with Gasteiger partial charge in [0.15, 0.2) is 0 Å². The number of carbonyl (C=O) groups is 1. The van der Waals surface area contributed by atoms with Gasteiger partial charge in [-0.15, -0.1) is 0 Å². The Morgan fingerprint density at radius 1 is 1.03 bits per heavy atom. The first-order valence-corrected chi connectivity index (χ1v) is 11.2. The van der Waals surface area contributed by atoms with Crippen molar-refractivity contribution in [1.29, 1.82) is 0 Å². The van der Waals surface area contributed by atoms with Crippen LogP contribution in [0.25, 0.3) is 0 Å². The summed E-state index contributed by atoms with van der Waals surface area (Å²) in [5, 5.41) is 0. The van der Waals surface area contributed by atoms with Gasteiger partial charge in [0.25, 0.3) is 0 Å². The fourth-order valence-electron chi connectivity index (χ4n) is 4.40. The van der Waals surface area contributed by atoms with E-state index in [-0.39, 0.29) is 18.2 Å². The Morgan fingerprint density at radius 2 is 1.64 bits per heavy atom. The standard InChI is InChI=1S/C24H27F7N4O/c1-15-9-19(25)3-4-20(15)21-14-34(6-5-32)7-8-35(21)22(36)33(2)13-16-10-17(23(26,27)28)12-18(11-16)24(29,30)31/h3-4,9-12,21H,5-8,13-14,32H2,1-2H3/t21-/m1/s1. The molecule has 0 unspecified atom stereocenters. The SMILES string of the molecule is Cc1cc(F)ccc1[C@H]1CN(CCN)CCN1C(=O)N(C)Cc1cc(C(F)(F)F)cc(C(F)(F)F)c1. The monoisotopic (exact) mass is 520 g/mol. The molecule has 2 amide bonds. The number of amides is 2. The second kappa shape index (κ2) is 10.6. The Hall–Kier alpha value is -2.86. The van der Waals surface area contributed by atoms with Gasteiger partial charge in [0.1, 0.15) is 5.82 Å². The minimum absolute atomic E-state index is 0.0509. The highest BCUT2D eigenvalue weighted by Gasteiger charge is 2.38. The van der Waals surface area contributed by atoms with Crippen molar-refractivity contribution in [2.24, 2.45) is 5.73 Å². The van der Waals surface area contributed by atoms with E-state index in [0.717, 1.165) is 4.90 Å². The van der Waals surface area contributed by atoms with Crippen molar-refractivity contribution in [3.63, 3.8) is 0 Å². The Kier molecular flexibility index (Phi) is 8.19. The Labute approximate surface area is 204 Å². The molecule has 0 radical (unpaired) electrons. The summed E-state index contributed by atoms with van der Waals surface area (Å²) >= 11 is 0. The number of aryl methyl sites for hydroxylation is 1. The largest absolute Gasteiger partial charge is 0.416 e. The van der Waals surface area contributed by atoms with Gasteiger partial charge in [0.2, 0.25) is 0 Å². The number of hydrogen-bond donors (Lipinski definition) is 1. The lowest BCUT2D eigenvalue weighted by molar-refractivity contribution is -0.143. The van der Waals surface area contributed by atoms with Gasteiger partial charge in [-0.25, -0.2) is 9.18 Å². The molecule has 0 spiro atoms. The van der Waals surface area contributed by atoms with Gasteiger partial charge < -0.3 is 15.5 Å². The predicted molar refractivity (Wildman–Crippen MR) is 119 cm³/mol. The highest BCUT2D eigenvalue weighted by molar-refractivity contribution is 5.75. The highest BCUT2D eigenvalue weighted by atomic mass is 19.4. The zero-order chi connectivity index (χ0) is 26.8. The lowest BCUT2D eigenvalue weighted by Gasteiger charge is -2.43. The van der Waals surface area contributed by atoms with Crippen LogP contribution in [0.3, 0.4) is 0 Å². The molecule has 0 aliphatic carbocycles. The predicted octanol–water partition coefficient (Wildman–Crippen LogP) is 5.04. The summed E-state index contributed by atoms with van der Waals surface area (Å²) in [6, 6.07) is 4.39. The summed E-state index contributed by atoms with van der Waals surface area (Å²) in [5.41, 5.74) is 3.79. The van der Waals surface area contributed by atoms with Crippen LogP contribution in [0.5, 0.6) is 0 Å². The highest BCUT2D eigenvalue weighted by Crippen LogP contribution is 2.37. The summed E-state index contributed by atoms with van der Waals surface area (Å²) in [7, 11) is 1.32. The molecule has 1 saturated heterocycles. The van der Waals surface area contributed by atoms with E-state index in [1.807, 2.05) is 4.90 Å². The van der Waals surface area contributed by atoms with E-state index in [2.05, 4.69) is 0 Å². The molecule has 1 atom stereocenters. The maximum absolute atomic E-state index is 13.7. The fraction of sp³-hybridized carbons (Fsp3) is 0.458. The molecular formula is C24H27F7N4O. The summed E-state index contributed by atoms with van der Waals surface area (Å²) in [5.74, 6) is -0.439. The first kappa shape index (κ1) is 27.7. The second-order valence-electron chi connectivity index (χ2n) is 8.85. The summed E-state index contributed by atoms with van der Waals surface area (Å²) in [6.45, 7) is 3.32. The maximum atomic E-state index is 13.7. The van der Waals surface area contributed by atoms with Crippen LogP contribution in [0.15, 0.2) is 36.4 Å². The molecule has 1 aliphatic rings. The molecule has 2 N–H and O–H groups in total. The fourth-order valence-corrected chi connectivity index (χ4v) is 4.40. The smallest absolute Gasteiger partial charge is 0.329 e. The number of carbonyl (C=O) groups excluding carboxylic acids is 1. The molecule has 2 aromatic rings. The molecule has 1 heterocycles. The van der Waals surface area contributed by atoms with Gasteiger partial charge in [-0.2, -0.15) is 26.3 Å². The molecule has 0 saturated carbocycles. The van der Waals surface area contributed by atoms with E-state index in [1.54, 1.807) is 13.0 Å². The number of rotatable bonds is 5. The number of hydrogen-bond acceptors (Lipinski definition) is 3. The molecule has 3 rings (SSSR count). The normalized spacial score (nSPS) is 17.4. The number of nitrogens with zero attached hydrogens (tertiary/aromatic N) is 3. The van der Waals surface area contributed by atoms with Crippen molar-refractivity contribution in [2.45, 2.75) is 31.9 Å². The van der Waals surface area contributed by atoms with Crippen LogP contribution in [0.1, 0.15) is 33.9 Å². The molecule has 5 nitrogen and oxygen atoms in total. The van der Waals surface area contributed by atoms with Gasteiger partial charge in [-0.05, 0) is 53.9 Å². The minimum atomic E-state index is -4.98. The third-order valence-electron chi connectivity index (χ3n) is 6.14. The topological polar surface area (TPSA) is 52.8 Å². The van der Waals surface area contributed by atoms with Crippen LogP contribution < -0.4 is 5.73 Å². The number of benzene rings is 2. The Bertz CT molecular complexity index is 1050. The number of halogens is 7. The van der Waals surface area contributed by atoms with E-state index in [4.69, 9.17) is 5.73 Å². The molecule has 12 heteroatoms. The van der Waals surface area contributed by atoms with E-state index < -0.39 is 47.9 Å². The molecule has 0 bridgehead atoms. The molecule has 1 aliphatic heterocycles. The van der Waals surface area contributed by atoms with Gasteiger partial charge >= 0.3 is 18.4 Å². The number of urea groups is 1. The van der Waals surface area contributed by atoms with Gasteiger partial charge in [0, 0.05) is 46.3 Å². The van der Waals surface area contributed by atoms with E-state index >= 15 is 0 Å². The molecule has 1 fully saturated rings. The first-order valence-electron chi connectivity index (χ1n) is 11.2. The van der Waals surface area contributed by atoms with E-state index in [0.29, 0.717) is 49.4 Å². The van der Waals surface area contributed by atoms with Crippen molar-refractivity contribution in [2.75, 3.05) is 39.8 Å². The van der Waals surface area contributed by atoms with E-state index in [1.165, 1.54) is 24.1 Å². The zero-order valence-corrected chi connectivity index (χ0v) is 19.8. The third kappa shape index (κ3) is 6.47. The summed E-state index contributed by atoms with van der Waals surface area (Å²) in [6.07, 6.45) is -9.97. The van der Waals surface area contributed by atoms with Crippen molar-refractivity contribution >= 4 is 6.03 Å². The van der Waals surface area contributed by atoms with Crippen LogP contribution in [-0.4, -0.2) is 60.5 Å². The summed E-state index contributed by atoms with van der Waals surface area (Å²) < 4.78 is 93.1. The molecule has 198 valence electrons. The quantitative estimate of drug-likeness (QED) is 0.562. The first-order chi connectivity index (χ1) is 16.7. The molecule has 0 aromatic heterocycles. The van der Waals surface area contributed by atoms with Crippen LogP contribution in [-0.2, 0) is 18.9 Å². The lowest BCUT2D eigenvalue weighted by Crippen LogP contribution is -2.54. The van der Waals surface area contributed by atoms with Gasteiger partial charge in [0.05, 0.1) is 17.2 Å². The van der Waals surface area contributed by atoms with Crippen LogP contribution in [0.4, 0.5) is 35.5 Å². The second-order valence-corrected chi connectivity index (χ2v) is 8.85. The maximum Gasteiger partial charge on any atom is 0.416 e. The number of alkyl halides is 6. The molecular weight excluding hydrogens is 493 g/mol. The Balaban J connectivity index is 1.90. The van der Waals surface area contributed by atoms with E-state index in [9.17, 15) is 35.5 Å². The number of piperazine rings is 1. The van der Waals surface area contributed by atoms with Crippen LogP contribution in [0.2, 0.25) is 0 Å². The van der Waals surface area contributed by atoms with Crippen LogP contribution >= 0.6 is 0 Å². The van der Waals surface area contributed by atoms with Crippen molar-refractivity contribution in [3.8, 4) is 0 Å². The zero-order valence-electron chi connectivity index (χ0n) is 19.8. The van der Waals surface area contributed by atoms with Gasteiger partial charge in [-0.3, -0.25) is 4.90 Å².